The highest BCUT2D eigenvalue weighted by molar-refractivity contribution is 6.38. The lowest BCUT2D eigenvalue weighted by molar-refractivity contribution is 0.257. The minimum Gasteiger partial charge on any atom is -0.264 e. The molecule has 0 saturated carbocycles. The number of nitrogens with zero attached hydrogens (tertiary/aromatic N) is 6. The summed E-state index contributed by atoms with van der Waals surface area (Å²) >= 11 is 0. The molecular weight excluding hydrogens is 306 g/mol. The molecule has 3 aromatic rings. The second kappa shape index (κ2) is 5.92. The van der Waals surface area contributed by atoms with E-state index in [0.29, 0.717) is 18.0 Å². The number of amides is 2. The second-order valence-corrected chi connectivity index (χ2v) is 5.17. The van der Waals surface area contributed by atoms with Gasteiger partial charge in [0.2, 0.25) is 5.82 Å². The van der Waals surface area contributed by atoms with Gasteiger partial charge in [-0.25, -0.2) is 4.79 Å². The second-order valence-electron chi connectivity index (χ2n) is 5.17. The number of hydrogen-bond donors (Lipinski definition) is 1. The Labute approximate surface area is 136 Å². The molecule has 0 aliphatic carbocycles. The van der Waals surface area contributed by atoms with Crippen molar-refractivity contribution in [3.63, 3.8) is 0 Å². The molecule has 4 rings (SSSR count). The van der Waals surface area contributed by atoms with Crippen LogP contribution in [-0.4, -0.2) is 43.6 Å². The highest BCUT2D eigenvalue weighted by Gasteiger charge is 2.13. The van der Waals surface area contributed by atoms with Crippen LogP contribution in [0, 0.1) is 0 Å². The van der Waals surface area contributed by atoms with Crippen molar-refractivity contribution >= 4 is 18.0 Å². The van der Waals surface area contributed by atoms with E-state index < -0.39 is 6.03 Å². The zero-order valence-electron chi connectivity index (χ0n) is 12.4. The Kier molecular flexibility index (Phi) is 3.47. The van der Waals surface area contributed by atoms with Gasteiger partial charge in [0.25, 0.3) is 0 Å². The van der Waals surface area contributed by atoms with Crippen molar-refractivity contribution in [2.45, 2.75) is 6.42 Å². The third-order valence-corrected chi connectivity index (χ3v) is 3.64. The molecule has 0 atom stereocenters. The maximum absolute atomic E-state index is 11.1. The Bertz CT molecular complexity index is 943. The van der Waals surface area contributed by atoms with Crippen LogP contribution in [-0.2, 0) is 6.42 Å². The van der Waals surface area contributed by atoms with Crippen LogP contribution in [0.2, 0.25) is 0 Å². The van der Waals surface area contributed by atoms with Gasteiger partial charge >= 0.3 is 6.03 Å². The number of H-pyrrole nitrogens is 1. The summed E-state index contributed by atoms with van der Waals surface area (Å²) in [5.41, 5.74) is 4.55. The highest BCUT2D eigenvalue weighted by atomic mass is 16.2. The summed E-state index contributed by atoms with van der Waals surface area (Å²) in [6.07, 6.45) is 5.52. The number of aromatic amines is 1. The molecule has 0 bridgehead atoms. The van der Waals surface area contributed by atoms with Crippen LogP contribution in [0.3, 0.4) is 0 Å². The minimum atomic E-state index is -0.458. The largest absolute Gasteiger partial charge is 0.367 e. The normalized spacial score (nSPS) is 13.3. The first-order valence-corrected chi connectivity index (χ1v) is 7.22. The molecule has 8 heteroatoms. The number of nitrogens with one attached hydrogen (secondary N) is 1. The summed E-state index contributed by atoms with van der Waals surface area (Å²) in [6.45, 7) is 0. The van der Waals surface area contributed by atoms with Gasteiger partial charge in [-0.1, -0.05) is 24.3 Å². The van der Waals surface area contributed by atoms with E-state index in [2.05, 4.69) is 35.6 Å². The van der Waals surface area contributed by atoms with Crippen LogP contribution in [0.4, 0.5) is 4.79 Å². The first-order valence-electron chi connectivity index (χ1n) is 7.22. The van der Waals surface area contributed by atoms with Crippen LogP contribution in [0.15, 0.2) is 52.7 Å². The SMILES string of the molecule is O=C1N=CC(Cc2cnccc2-c2ccc(-c3nn[nH]n3)cc2)=N1. The lowest BCUT2D eigenvalue weighted by Gasteiger charge is -2.08. The molecule has 2 amide bonds. The van der Waals surface area contributed by atoms with Gasteiger partial charge in [0.1, 0.15) is 0 Å². The quantitative estimate of drug-likeness (QED) is 0.792. The molecule has 116 valence electrons. The van der Waals surface area contributed by atoms with Crippen LogP contribution in [0.1, 0.15) is 5.56 Å². The summed E-state index contributed by atoms with van der Waals surface area (Å²) < 4.78 is 0. The van der Waals surface area contributed by atoms with Gasteiger partial charge in [-0.3, -0.25) is 4.98 Å². The van der Waals surface area contributed by atoms with Gasteiger partial charge in [-0.05, 0) is 28.0 Å². The van der Waals surface area contributed by atoms with E-state index in [0.717, 1.165) is 22.3 Å². The van der Waals surface area contributed by atoms with Gasteiger partial charge in [-0.15, -0.1) is 10.2 Å². The van der Waals surface area contributed by atoms with Crippen molar-refractivity contribution < 1.29 is 4.79 Å². The fraction of sp³-hybridized carbons (Fsp3) is 0.0625. The lowest BCUT2D eigenvalue weighted by Crippen LogP contribution is -2.04. The highest BCUT2D eigenvalue weighted by Crippen LogP contribution is 2.26. The van der Waals surface area contributed by atoms with E-state index in [1.54, 1.807) is 12.4 Å². The van der Waals surface area contributed by atoms with Crippen molar-refractivity contribution in [2.24, 2.45) is 9.98 Å². The molecule has 0 unspecified atom stereocenters. The van der Waals surface area contributed by atoms with E-state index >= 15 is 0 Å². The van der Waals surface area contributed by atoms with Crippen LogP contribution < -0.4 is 0 Å². The zero-order chi connectivity index (χ0) is 16.4. The predicted molar refractivity (Wildman–Crippen MR) is 87.9 cm³/mol. The number of tetrazole rings is 1. The summed E-state index contributed by atoms with van der Waals surface area (Å²) in [6, 6.07) is 9.32. The van der Waals surface area contributed by atoms with E-state index in [1.165, 1.54) is 6.21 Å². The molecule has 0 radical (unpaired) electrons. The number of urea groups is 1. The Morgan fingerprint density at radius 3 is 2.58 bits per heavy atom. The van der Waals surface area contributed by atoms with Crippen molar-refractivity contribution in [2.75, 3.05) is 0 Å². The number of benzene rings is 1. The average Bonchev–Trinajstić information content (AvgIpc) is 3.28. The number of aromatic nitrogens is 5. The molecule has 8 nitrogen and oxygen atoms in total. The summed E-state index contributed by atoms with van der Waals surface area (Å²) in [5.74, 6) is 0.548. The van der Waals surface area contributed by atoms with Crippen molar-refractivity contribution in [1.82, 2.24) is 25.6 Å². The number of hydrogen-bond acceptors (Lipinski definition) is 5. The zero-order valence-corrected chi connectivity index (χ0v) is 12.4. The maximum Gasteiger partial charge on any atom is 0.367 e. The Balaban J connectivity index is 1.66. The van der Waals surface area contributed by atoms with Crippen LogP contribution >= 0.6 is 0 Å². The monoisotopic (exact) mass is 317 g/mol. The fourth-order valence-corrected chi connectivity index (χ4v) is 2.52. The van der Waals surface area contributed by atoms with Gasteiger partial charge in [0, 0.05) is 24.4 Å². The number of pyridine rings is 1. The summed E-state index contributed by atoms with van der Waals surface area (Å²) in [7, 11) is 0. The molecule has 0 spiro atoms. The van der Waals surface area contributed by atoms with Gasteiger partial charge in [-0.2, -0.15) is 15.2 Å². The molecule has 0 saturated heterocycles. The lowest BCUT2D eigenvalue weighted by atomic mass is 9.97. The molecule has 3 heterocycles. The molecule has 0 fully saturated rings. The molecule has 2 aromatic heterocycles. The molecule has 24 heavy (non-hydrogen) atoms. The van der Waals surface area contributed by atoms with E-state index in [1.807, 2.05) is 30.3 Å². The Morgan fingerprint density at radius 1 is 1.04 bits per heavy atom. The molecule has 1 aromatic carbocycles. The van der Waals surface area contributed by atoms with E-state index in [-0.39, 0.29) is 0 Å². The molecule has 1 N–H and O–H groups in total. The van der Waals surface area contributed by atoms with Crippen LogP contribution in [0.5, 0.6) is 0 Å². The Hall–Kier alpha value is -3.55. The first-order chi connectivity index (χ1) is 11.8. The first kappa shape index (κ1) is 14.1. The minimum absolute atomic E-state index is 0.458. The van der Waals surface area contributed by atoms with Crippen molar-refractivity contribution in [3.05, 3.63) is 48.3 Å². The number of aliphatic imine (C=N–C) groups is 2. The molecular formula is C16H11N7O. The molecule has 1 aliphatic heterocycles. The summed E-state index contributed by atoms with van der Waals surface area (Å²) in [5, 5.41) is 13.9. The standard InChI is InChI=1S/C16H11N7O/c24-16-18-9-13(19-16)7-12-8-17-6-5-14(12)10-1-3-11(4-2-10)15-20-22-23-21-15/h1-6,8-9H,7H2,(H,20,21,22,23). The topological polar surface area (TPSA) is 109 Å². The number of carbonyl (C=O) groups is 1. The fourth-order valence-electron chi connectivity index (χ4n) is 2.52. The average molecular weight is 317 g/mol. The van der Waals surface area contributed by atoms with Gasteiger partial charge in [0.15, 0.2) is 0 Å². The van der Waals surface area contributed by atoms with Gasteiger partial charge in [0.05, 0.1) is 11.9 Å². The van der Waals surface area contributed by atoms with E-state index in [9.17, 15) is 4.79 Å². The number of carbonyl (C=O) groups excluding carboxylic acids is 1. The predicted octanol–water partition coefficient (Wildman–Crippen LogP) is 2.12. The van der Waals surface area contributed by atoms with Gasteiger partial charge < -0.3 is 0 Å². The van der Waals surface area contributed by atoms with Crippen LogP contribution in [0.25, 0.3) is 22.5 Å². The third kappa shape index (κ3) is 2.72. The molecule has 1 aliphatic rings. The maximum atomic E-state index is 11.1. The summed E-state index contributed by atoms with van der Waals surface area (Å²) in [4.78, 5) is 22.8. The number of rotatable bonds is 4. The van der Waals surface area contributed by atoms with E-state index in [4.69, 9.17) is 0 Å². The smallest absolute Gasteiger partial charge is 0.264 e. The third-order valence-electron chi connectivity index (χ3n) is 3.64. The Morgan fingerprint density at radius 2 is 1.88 bits per heavy atom. The van der Waals surface area contributed by atoms with Crippen molar-refractivity contribution in [1.29, 1.82) is 0 Å². The van der Waals surface area contributed by atoms with Crippen molar-refractivity contribution in [3.8, 4) is 22.5 Å².